The minimum absolute atomic E-state index is 0.0687. The van der Waals surface area contributed by atoms with Gasteiger partial charge in [0.25, 0.3) is 0 Å². The number of carbonyl (C=O) groups excluding carboxylic acids is 3. The number of anilines is 1. The van der Waals surface area contributed by atoms with Gasteiger partial charge in [-0.2, -0.15) is 26.3 Å². The Hall–Kier alpha value is -1.81. The highest BCUT2D eigenvalue weighted by Gasteiger charge is 2.54. The van der Waals surface area contributed by atoms with Gasteiger partial charge in [-0.15, -0.1) is 0 Å². The summed E-state index contributed by atoms with van der Waals surface area (Å²) in [6.45, 7) is 5.53. The fourth-order valence-electron chi connectivity index (χ4n) is 1.20. The van der Waals surface area contributed by atoms with Crippen LogP contribution in [0.2, 0.25) is 10.0 Å². The van der Waals surface area contributed by atoms with Gasteiger partial charge in [-0.05, 0) is 18.2 Å². The van der Waals surface area contributed by atoms with Gasteiger partial charge in [0.2, 0.25) is 5.91 Å². The molecule has 27 heavy (non-hydrogen) atoms. The summed E-state index contributed by atoms with van der Waals surface area (Å²) in [6, 6.07) is 4.95. The van der Waals surface area contributed by atoms with E-state index in [1.807, 2.05) is 20.8 Å². The Bertz CT molecular complexity index is 679. The smallest absolute Gasteiger partial charge is 0.326 e. The molecular formula is C15H13Cl2F6NO3. The molecule has 0 aromatic heterocycles. The van der Waals surface area contributed by atoms with E-state index in [1.165, 1.54) is 0 Å². The maximum Gasteiger partial charge on any atom is 0.458 e. The van der Waals surface area contributed by atoms with Gasteiger partial charge in [0.05, 0.1) is 0 Å². The number of benzene rings is 1. The summed E-state index contributed by atoms with van der Waals surface area (Å²) in [7, 11) is 0. The molecule has 0 bridgehead atoms. The van der Waals surface area contributed by atoms with E-state index in [0.717, 1.165) is 0 Å². The van der Waals surface area contributed by atoms with Gasteiger partial charge in [-0.25, -0.2) is 0 Å². The summed E-state index contributed by atoms with van der Waals surface area (Å²) in [4.78, 5) is 30.9. The lowest BCUT2D eigenvalue weighted by atomic mass is 9.95. The summed E-state index contributed by atoms with van der Waals surface area (Å²) < 4.78 is 67.0. The van der Waals surface area contributed by atoms with Gasteiger partial charge in [0, 0.05) is 21.1 Å². The molecule has 0 spiro atoms. The van der Waals surface area contributed by atoms with Gasteiger partial charge in [0.15, 0.2) is 0 Å². The second kappa shape index (κ2) is 8.92. The highest BCUT2D eigenvalue weighted by atomic mass is 35.5. The van der Waals surface area contributed by atoms with Crippen molar-refractivity contribution >= 4 is 46.4 Å². The maximum absolute atomic E-state index is 11.7. The van der Waals surface area contributed by atoms with Crippen molar-refractivity contribution in [3.63, 3.8) is 0 Å². The number of rotatable bonds is 2. The van der Waals surface area contributed by atoms with Crippen LogP contribution in [0.5, 0.6) is 0 Å². The molecular weight excluding hydrogens is 427 g/mol. The van der Waals surface area contributed by atoms with Crippen molar-refractivity contribution in [1.29, 1.82) is 0 Å². The molecule has 4 nitrogen and oxygen atoms in total. The van der Waals surface area contributed by atoms with E-state index in [2.05, 4.69) is 5.32 Å². The monoisotopic (exact) mass is 439 g/mol. The average molecular weight is 440 g/mol. The van der Waals surface area contributed by atoms with Crippen LogP contribution in [0.4, 0.5) is 32.0 Å². The minimum Gasteiger partial charge on any atom is -0.326 e. The van der Waals surface area contributed by atoms with Crippen LogP contribution in [0.15, 0.2) is 18.2 Å². The third kappa shape index (κ3) is 9.09. The number of hydrogen-bond acceptors (Lipinski definition) is 3. The van der Waals surface area contributed by atoms with Gasteiger partial charge in [0.1, 0.15) is 0 Å². The zero-order valence-electron chi connectivity index (χ0n) is 14.0. The molecule has 0 radical (unpaired) electrons. The van der Waals surface area contributed by atoms with Crippen LogP contribution >= 0.6 is 23.2 Å². The fourth-order valence-corrected chi connectivity index (χ4v) is 1.73. The second-order valence-corrected chi connectivity index (χ2v) is 6.89. The number of nitrogens with one attached hydrogen (secondary N) is 1. The summed E-state index contributed by atoms with van der Waals surface area (Å²) in [5.74, 6) is -6.88. The van der Waals surface area contributed by atoms with Crippen molar-refractivity contribution in [2.24, 2.45) is 5.41 Å². The highest BCUT2D eigenvalue weighted by molar-refractivity contribution is 6.41. The molecule has 1 rings (SSSR count). The molecule has 1 N–H and O–H groups in total. The molecule has 0 heterocycles. The van der Waals surface area contributed by atoms with E-state index in [4.69, 9.17) is 23.2 Å². The standard InChI is InChI=1S/C11H13Cl2NO.C4F6O2/c1-11(2,3)10(15)14-9-5-7(12)4-8(13)6-9;5-3(6,7)1(11)2(12)4(8,9)10/h4-6H,1-3H3,(H,14,15);. The molecule has 1 amide bonds. The number of alkyl halides is 6. The summed E-state index contributed by atoms with van der Waals surface area (Å²) in [6.07, 6.45) is -11.5. The first-order valence-electron chi connectivity index (χ1n) is 6.86. The van der Waals surface area contributed by atoms with Crippen LogP contribution in [-0.4, -0.2) is 29.8 Å². The molecule has 0 saturated heterocycles. The maximum atomic E-state index is 11.7. The predicted molar refractivity (Wildman–Crippen MR) is 86.7 cm³/mol. The van der Waals surface area contributed by atoms with Crippen molar-refractivity contribution < 1.29 is 40.7 Å². The first-order valence-corrected chi connectivity index (χ1v) is 7.61. The second-order valence-electron chi connectivity index (χ2n) is 6.02. The molecule has 1 aromatic carbocycles. The topological polar surface area (TPSA) is 63.2 Å². The van der Waals surface area contributed by atoms with E-state index in [9.17, 15) is 40.7 Å². The lowest BCUT2D eigenvalue weighted by molar-refractivity contribution is -0.193. The van der Waals surface area contributed by atoms with Gasteiger partial charge < -0.3 is 5.32 Å². The van der Waals surface area contributed by atoms with Crippen LogP contribution in [-0.2, 0) is 14.4 Å². The van der Waals surface area contributed by atoms with Crippen molar-refractivity contribution in [1.82, 2.24) is 0 Å². The lowest BCUT2D eigenvalue weighted by Crippen LogP contribution is -2.39. The van der Waals surface area contributed by atoms with Crippen LogP contribution < -0.4 is 5.32 Å². The van der Waals surface area contributed by atoms with Crippen LogP contribution in [0.3, 0.4) is 0 Å². The van der Waals surface area contributed by atoms with Gasteiger partial charge in [-0.3, -0.25) is 14.4 Å². The van der Waals surface area contributed by atoms with Crippen molar-refractivity contribution in [2.75, 3.05) is 5.32 Å². The molecule has 0 aliphatic heterocycles. The van der Waals surface area contributed by atoms with E-state index in [0.29, 0.717) is 15.7 Å². The van der Waals surface area contributed by atoms with E-state index >= 15 is 0 Å². The highest BCUT2D eigenvalue weighted by Crippen LogP contribution is 2.25. The Morgan fingerprint density at radius 1 is 0.778 bits per heavy atom. The van der Waals surface area contributed by atoms with Gasteiger partial charge >= 0.3 is 23.9 Å². The molecule has 152 valence electrons. The van der Waals surface area contributed by atoms with Crippen molar-refractivity contribution in [3.05, 3.63) is 28.2 Å². The van der Waals surface area contributed by atoms with Crippen molar-refractivity contribution in [3.8, 4) is 0 Å². The molecule has 12 heteroatoms. The zero-order valence-corrected chi connectivity index (χ0v) is 15.5. The molecule has 0 aliphatic carbocycles. The molecule has 0 aliphatic rings. The number of hydrogen-bond donors (Lipinski definition) is 1. The first kappa shape index (κ1) is 25.2. The third-order valence-corrected chi connectivity index (χ3v) is 2.96. The molecule has 0 atom stereocenters. The Kier molecular flexibility index (Phi) is 8.32. The summed E-state index contributed by atoms with van der Waals surface area (Å²) in [5.41, 5.74) is 0.182. The largest absolute Gasteiger partial charge is 0.458 e. The zero-order chi connectivity index (χ0) is 21.8. The Morgan fingerprint density at radius 3 is 1.37 bits per heavy atom. The van der Waals surface area contributed by atoms with E-state index < -0.39 is 29.3 Å². The predicted octanol–water partition coefficient (Wildman–Crippen LogP) is 5.23. The van der Waals surface area contributed by atoms with Crippen molar-refractivity contribution in [2.45, 2.75) is 33.1 Å². The lowest BCUT2D eigenvalue weighted by Gasteiger charge is -2.17. The third-order valence-electron chi connectivity index (χ3n) is 2.52. The normalized spacial score (nSPS) is 12.0. The van der Waals surface area contributed by atoms with Crippen LogP contribution in [0.1, 0.15) is 20.8 Å². The average Bonchev–Trinajstić information content (AvgIpc) is 2.42. The number of carbonyl (C=O) groups is 3. The minimum atomic E-state index is -5.77. The number of Topliss-reactive ketones (excluding diaryl/α,β-unsaturated/α-hetero) is 2. The molecule has 1 aromatic rings. The fraction of sp³-hybridized carbons (Fsp3) is 0.400. The van der Waals surface area contributed by atoms with Crippen LogP contribution in [0, 0.1) is 5.41 Å². The van der Waals surface area contributed by atoms with E-state index in [1.54, 1.807) is 18.2 Å². The summed E-state index contributed by atoms with van der Waals surface area (Å²) >= 11 is 11.6. The quantitative estimate of drug-likeness (QED) is 0.507. The molecule has 0 saturated carbocycles. The van der Waals surface area contributed by atoms with E-state index in [-0.39, 0.29) is 5.91 Å². The Morgan fingerprint density at radius 2 is 1.11 bits per heavy atom. The number of halogens is 8. The number of amides is 1. The van der Waals surface area contributed by atoms with Gasteiger partial charge in [-0.1, -0.05) is 44.0 Å². The number of ketones is 2. The SMILES string of the molecule is CC(C)(C)C(=O)Nc1cc(Cl)cc(Cl)c1.O=C(C(=O)C(F)(F)F)C(F)(F)F. The summed E-state index contributed by atoms with van der Waals surface area (Å²) in [5, 5.41) is 3.77. The Balaban J connectivity index is 0.000000516. The Labute approximate surface area is 159 Å². The van der Waals surface area contributed by atoms with Crippen LogP contribution in [0.25, 0.3) is 0 Å². The molecule has 0 unspecified atom stereocenters. The first-order chi connectivity index (χ1) is 11.9. The molecule has 0 fully saturated rings.